The molecule has 1 rings (SSSR count). The van der Waals surface area contributed by atoms with Crippen LogP contribution in [0.3, 0.4) is 0 Å². The van der Waals surface area contributed by atoms with Gasteiger partial charge in [0.1, 0.15) is 5.15 Å². The zero-order valence-electron chi connectivity index (χ0n) is 9.94. The Morgan fingerprint density at radius 3 is 2.88 bits per heavy atom. The van der Waals surface area contributed by atoms with Crippen LogP contribution in [0.15, 0.2) is 12.1 Å². The molecule has 0 aliphatic heterocycles. The van der Waals surface area contributed by atoms with E-state index in [1.165, 1.54) is 12.1 Å². The fraction of sp³-hybridized carbons (Fsp3) is 0.545. The number of halogens is 1. The molecule has 1 aromatic heterocycles. The third-order valence-electron chi connectivity index (χ3n) is 2.41. The molecule has 6 heteroatoms. The number of aromatic nitrogens is 1. The summed E-state index contributed by atoms with van der Waals surface area (Å²) in [7, 11) is 0. The molecular formula is C11H16ClN3O2. The van der Waals surface area contributed by atoms with Gasteiger partial charge >= 0.3 is 5.69 Å². The average molecular weight is 258 g/mol. The number of nitro groups is 1. The molecule has 17 heavy (non-hydrogen) atoms. The highest BCUT2D eigenvalue weighted by atomic mass is 35.5. The molecule has 0 saturated heterocycles. The van der Waals surface area contributed by atoms with E-state index in [9.17, 15) is 10.1 Å². The zero-order chi connectivity index (χ0) is 12.8. The summed E-state index contributed by atoms with van der Waals surface area (Å²) in [5.41, 5.74) is -0.0438. The molecule has 0 aliphatic carbocycles. The minimum atomic E-state index is -0.460. The number of nitrogens with zero attached hydrogens (tertiary/aromatic N) is 2. The Balaban J connectivity index is 2.81. The minimum absolute atomic E-state index is 0.0438. The Morgan fingerprint density at radius 2 is 2.29 bits per heavy atom. The maximum absolute atomic E-state index is 10.8. The number of anilines is 1. The van der Waals surface area contributed by atoms with Gasteiger partial charge in [-0.3, -0.25) is 10.1 Å². The fourth-order valence-corrected chi connectivity index (χ4v) is 1.64. The smallest absolute Gasteiger partial charge is 0.311 e. The molecule has 5 nitrogen and oxygen atoms in total. The summed E-state index contributed by atoms with van der Waals surface area (Å²) in [5, 5.41) is 14.1. The fourth-order valence-electron chi connectivity index (χ4n) is 1.50. The molecule has 1 heterocycles. The topological polar surface area (TPSA) is 68.1 Å². The summed E-state index contributed by atoms with van der Waals surface area (Å²) >= 11 is 5.74. The van der Waals surface area contributed by atoms with Gasteiger partial charge in [0, 0.05) is 12.1 Å². The van der Waals surface area contributed by atoms with Gasteiger partial charge in [-0.25, -0.2) is 4.98 Å². The van der Waals surface area contributed by atoms with E-state index in [2.05, 4.69) is 17.2 Å². The molecular weight excluding hydrogens is 242 g/mol. The molecule has 1 aromatic rings. The summed E-state index contributed by atoms with van der Waals surface area (Å²) in [5.74, 6) is 0.242. The van der Waals surface area contributed by atoms with E-state index < -0.39 is 4.92 Å². The van der Waals surface area contributed by atoms with Crippen LogP contribution in [0.4, 0.5) is 11.5 Å². The Labute approximate surface area is 105 Å². The van der Waals surface area contributed by atoms with Crippen molar-refractivity contribution in [2.45, 2.75) is 39.2 Å². The van der Waals surface area contributed by atoms with E-state index in [1.54, 1.807) is 0 Å². The maximum Gasteiger partial charge on any atom is 0.311 e. The largest absolute Gasteiger partial charge is 0.362 e. The quantitative estimate of drug-likeness (QED) is 0.480. The van der Waals surface area contributed by atoms with Gasteiger partial charge in [-0.2, -0.15) is 0 Å². The molecule has 94 valence electrons. The van der Waals surface area contributed by atoms with Gasteiger partial charge in [-0.05, 0) is 19.4 Å². The van der Waals surface area contributed by atoms with Crippen molar-refractivity contribution in [2.24, 2.45) is 0 Å². The standard InChI is InChI=1S/C11H16ClN3O2/c1-3-4-5-8(2)13-11-9(15(16)17)6-7-10(12)14-11/h6-8H,3-5H2,1-2H3,(H,13,14). The molecule has 1 unspecified atom stereocenters. The second kappa shape index (κ2) is 6.39. The number of nitrogens with one attached hydrogen (secondary N) is 1. The van der Waals surface area contributed by atoms with Crippen LogP contribution in [0.1, 0.15) is 33.1 Å². The van der Waals surface area contributed by atoms with Gasteiger partial charge in [0.25, 0.3) is 0 Å². The van der Waals surface area contributed by atoms with Crippen molar-refractivity contribution >= 4 is 23.1 Å². The Hall–Kier alpha value is -1.36. The van der Waals surface area contributed by atoms with Crippen LogP contribution in [-0.4, -0.2) is 15.9 Å². The average Bonchev–Trinajstić information content (AvgIpc) is 2.26. The lowest BCUT2D eigenvalue weighted by atomic mass is 10.1. The van der Waals surface area contributed by atoms with Crippen LogP contribution >= 0.6 is 11.6 Å². The van der Waals surface area contributed by atoms with Gasteiger partial charge in [0.2, 0.25) is 5.82 Å². The molecule has 0 aliphatic rings. The first-order valence-corrected chi connectivity index (χ1v) is 5.99. The van der Waals surface area contributed by atoms with E-state index in [4.69, 9.17) is 11.6 Å². The highest BCUT2D eigenvalue weighted by molar-refractivity contribution is 6.29. The predicted molar refractivity (Wildman–Crippen MR) is 68.5 cm³/mol. The van der Waals surface area contributed by atoms with E-state index in [0.717, 1.165) is 19.3 Å². The van der Waals surface area contributed by atoms with Crippen molar-refractivity contribution in [2.75, 3.05) is 5.32 Å². The van der Waals surface area contributed by atoms with Crippen LogP contribution in [0.5, 0.6) is 0 Å². The highest BCUT2D eigenvalue weighted by Gasteiger charge is 2.17. The third kappa shape index (κ3) is 4.19. The lowest BCUT2D eigenvalue weighted by Gasteiger charge is -2.13. The van der Waals surface area contributed by atoms with Crippen molar-refractivity contribution < 1.29 is 4.92 Å². The molecule has 0 spiro atoms. The van der Waals surface area contributed by atoms with Gasteiger partial charge in [0.15, 0.2) is 0 Å². The third-order valence-corrected chi connectivity index (χ3v) is 2.62. The lowest BCUT2D eigenvalue weighted by molar-refractivity contribution is -0.384. The summed E-state index contributed by atoms with van der Waals surface area (Å²) in [6, 6.07) is 2.92. The van der Waals surface area contributed by atoms with E-state index in [-0.39, 0.29) is 22.7 Å². The van der Waals surface area contributed by atoms with Gasteiger partial charge in [-0.15, -0.1) is 0 Å². The van der Waals surface area contributed by atoms with Crippen molar-refractivity contribution in [3.63, 3.8) is 0 Å². The van der Waals surface area contributed by atoms with E-state index in [0.29, 0.717) is 0 Å². The Kier molecular flexibility index (Phi) is 5.15. The number of unbranched alkanes of at least 4 members (excludes halogenated alkanes) is 1. The van der Waals surface area contributed by atoms with Crippen LogP contribution < -0.4 is 5.32 Å². The molecule has 0 bridgehead atoms. The van der Waals surface area contributed by atoms with Crippen LogP contribution in [0.25, 0.3) is 0 Å². The number of rotatable bonds is 6. The summed E-state index contributed by atoms with van der Waals surface area (Å²) < 4.78 is 0. The molecule has 1 atom stereocenters. The minimum Gasteiger partial charge on any atom is -0.362 e. The summed E-state index contributed by atoms with van der Waals surface area (Å²) in [6.45, 7) is 4.08. The Bertz CT molecular complexity index is 398. The second-order valence-electron chi connectivity index (χ2n) is 3.95. The summed E-state index contributed by atoms with van der Waals surface area (Å²) in [4.78, 5) is 14.3. The van der Waals surface area contributed by atoms with E-state index >= 15 is 0 Å². The van der Waals surface area contributed by atoms with Gasteiger partial charge in [-0.1, -0.05) is 31.4 Å². The first-order valence-electron chi connectivity index (χ1n) is 5.62. The van der Waals surface area contributed by atoms with Crippen molar-refractivity contribution in [1.82, 2.24) is 4.98 Å². The van der Waals surface area contributed by atoms with E-state index in [1.807, 2.05) is 6.92 Å². The molecule has 0 aromatic carbocycles. The van der Waals surface area contributed by atoms with Crippen LogP contribution in [0.2, 0.25) is 5.15 Å². The molecule has 0 amide bonds. The second-order valence-corrected chi connectivity index (χ2v) is 4.33. The number of pyridine rings is 1. The number of hydrogen-bond donors (Lipinski definition) is 1. The predicted octanol–water partition coefficient (Wildman–Crippen LogP) is 3.63. The molecule has 0 fully saturated rings. The van der Waals surface area contributed by atoms with Crippen molar-refractivity contribution in [3.8, 4) is 0 Å². The van der Waals surface area contributed by atoms with Crippen molar-refractivity contribution in [3.05, 3.63) is 27.4 Å². The number of hydrogen-bond acceptors (Lipinski definition) is 4. The van der Waals surface area contributed by atoms with Crippen LogP contribution in [-0.2, 0) is 0 Å². The molecule has 0 saturated carbocycles. The molecule has 1 N–H and O–H groups in total. The lowest BCUT2D eigenvalue weighted by Crippen LogP contribution is -2.16. The first kappa shape index (κ1) is 13.7. The maximum atomic E-state index is 10.8. The zero-order valence-corrected chi connectivity index (χ0v) is 10.7. The molecule has 0 radical (unpaired) electrons. The monoisotopic (exact) mass is 257 g/mol. The SMILES string of the molecule is CCCCC(C)Nc1nc(Cl)ccc1[N+](=O)[O-]. The van der Waals surface area contributed by atoms with Gasteiger partial charge < -0.3 is 5.32 Å². The highest BCUT2D eigenvalue weighted by Crippen LogP contribution is 2.25. The Morgan fingerprint density at radius 1 is 1.59 bits per heavy atom. The van der Waals surface area contributed by atoms with Gasteiger partial charge in [0.05, 0.1) is 4.92 Å². The first-order chi connectivity index (χ1) is 8.04. The van der Waals surface area contributed by atoms with Crippen molar-refractivity contribution in [1.29, 1.82) is 0 Å². The summed E-state index contributed by atoms with van der Waals surface area (Å²) in [6.07, 6.45) is 3.11. The normalized spacial score (nSPS) is 12.2. The van der Waals surface area contributed by atoms with Crippen LogP contribution in [0, 0.1) is 10.1 Å².